The molecule has 0 aliphatic rings. The van der Waals surface area contributed by atoms with Gasteiger partial charge in [0.15, 0.2) is 0 Å². The Morgan fingerprint density at radius 3 is 2.52 bits per heavy atom. The maximum absolute atomic E-state index is 6.07. The smallest absolute Gasteiger partial charge is 0.231 e. The SMILES string of the molecule is c1ccc(Cn2ccc3c(Oc4ccc(Cc5cscn5)cc4)ncnc32)cc1. The van der Waals surface area contributed by atoms with Crippen LogP contribution in [-0.2, 0) is 13.0 Å². The summed E-state index contributed by atoms with van der Waals surface area (Å²) in [5.74, 6) is 1.32. The first-order valence-electron chi connectivity index (χ1n) is 9.33. The zero-order valence-corrected chi connectivity index (χ0v) is 16.4. The average Bonchev–Trinajstić information content (AvgIpc) is 3.41. The lowest BCUT2D eigenvalue weighted by Gasteiger charge is -2.08. The Morgan fingerprint density at radius 1 is 0.862 bits per heavy atom. The Bertz CT molecular complexity index is 1220. The number of hydrogen-bond acceptors (Lipinski definition) is 5. The molecule has 0 atom stereocenters. The highest BCUT2D eigenvalue weighted by molar-refractivity contribution is 7.07. The van der Waals surface area contributed by atoms with Gasteiger partial charge in [-0.2, -0.15) is 0 Å². The van der Waals surface area contributed by atoms with Crippen LogP contribution in [0.2, 0.25) is 0 Å². The third-order valence-corrected chi connectivity index (χ3v) is 5.36. The van der Waals surface area contributed by atoms with E-state index in [2.05, 4.69) is 49.2 Å². The van der Waals surface area contributed by atoms with E-state index in [-0.39, 0.29) is 0 Å². The predicted molar refractivity (Wildman–Crippen MR) is 115 cm³/mol. The average molecular weight is 398 g/mol. The van der Waals surface area contributed by atoms with E-state index in [1.165, 1.54) is 11.1 Å². The number of aromatic nitrogens is 4. The molecule has 2 aromatic carbocycles. The van der Waals surface area contributed by atoms with Crippen molar-refractivity contribution in [2.75, 3.05) is 0 Å². The Morgan fingerprint density at radius 2 is 1.72 bits per heavy atom. The normalized spacial score (nSPS) is 11.0. The first-order valence-corrected chi connectivity index (χ1v) is 10.3. The number of nitrogens with zero attached hydrogens (tertiary/aromatic N) is 4. The Hall–Kier alpha value is -3.51. The molecule has 0 radical (unpaired) electrons. The van der Waals surface area contributed by atoms with E-state index >= 15 is 0 Å². The third-order valence-electron chi connectivity index (χ3n) is 4.72. The molecule has 0 aliphatic heterocycles. The largest absolute Gasteiger partial charge is 0.438 e. The number of fused-ring (bicyclic) bond motifs is 1. The molecule has 0 aliphatic carbocycles. The summed E-state index contributed by atoms with van der Waals surface area (Å²) in [6.07, 6.45) is 4.40. The van der Waals surface area contributed by atoms with Crippen molar-refractivity contribution in [3.8, 4) is 11.6 Å². The van der Waals surface area contributed by atoms with Crippen LogP contribution in [0.4, 0.5) is 0 Å². The zero-order valence-electron chi connectivity index (χ0n) is 15.6. The molecule has 142 valence electrons. The summed E-state index contributed by atoms with van der Waals surface area (Å²) in [5, 5.41) is 2.97. The standard InChI is InChI=1S/C23H18N4OS/c1-2-4-18(5-3-1)13-27-11-10-21-22(27)24-15-25-23(21)28-20-8-6-17(7-9-20)12-19-14-29-16-26-19/h1-11,14-16H,12-13H2. The molecule has 0 fully saturated rings. The van der Waals surface area contributed by atoms with Gasteiger partial charge in [-0.25, -0.2) is 15.0 Å². The van der Waals surface area contributed by atoms with Gasteiger partial charge in [-0.05, 0) is 29.3 Å². The molecule has 5 rings (SSSR count). The lowest BCUT2D eigenvalue weighted by atomic mass is 10.1. The fourth-order valence-corrected chi connectivity index (χ4v) is 3.85. The van der Waals surface area contributed by atoms with Gasteiger partial charge in [0.2, 0.25) is 5.88 Å². The highest BCUT2D eigenvalue weighted by atomic mass is 32.1. The summed E-state index contributed by atoms with van der Waals surface area (Å²) in [5.41, 5.74) is 6.23. The summed E-state index contributed by atoms with van der Waals surface area (Å²) >= 11 is 1.62. The van der Waals surface area contributed by atoms with Gasteiger partial charge in [-0.3, -0.25) is 0 Å². The van der Waals surface area contributed by atoms with Crippen LogP contribution in [0, 0.1) is 0 Å². The topological polar surface area (TPSA) is 52.8 Å². The molecule has 5 aromatic rings. The van der Waals surface area contributed by atoms with Crippen molar-refractivity contribution < 1.29 is 4.74 Å². The number of thiazole rings is 1. The summed E-state index contributed by atoms with van der Waals surface area (Å²) in [6.45, 7) is 0.756. The number of rotatable bonds is 6. The van der Waals surface area contributed by atoms with E-state index in [9.17, 15) is 0 Å². The van der Waals surface area contributed by atoms with Crippen LogP contribution >= 0.6 is 11.3 Å². The van der Waals surface area contributed by atoms with Crippen molar-refractivity contribution in [1.29, 1.82) is 0 Å². The van der Waals surface area contributed by atoms with Crippen molar-refractivity contribution in [3.63, 3.8) is 0 Å². The highest BCUT2D eigenvalue weighted by Gasteiger charge is 2.11. The summed E-state index contributed by atoms with van der Waals surface area (Å²) in [6, 6.07) is 20.4. The van der Waals surface area contributed by atoms with Gasteiger partial charge in [0.25, 0.3) is 0 Å². The molecule has 0 spiro atoms. The molecular formula is C23H18N4OS. The highest BCUT2D eigenvalue weighted by Crippen LogP contribution is 2.28. The first kappa shape index (κ1) is 17.6. The van der Waals surface area contributed by atoms with E-state index in [1.807, 2.05) is 48.1 Å². The van der Waals surface area contributed by atoms with E-state index in [0.29, 0.717) is 5.88 Å². The van der Waals surface area contributed by atoms with Gasteiger partial charge in [0.1, 0.15) is 17.7 Å². The number of hydrogen-bond donors (Lipinski definition) is 0. The second-order valence-corrected chi connectivity index (χ2v) is 7.47. The minimum absolute atomic E-state index is 0.564. The van der Waals surface area contributed by atoms with Crippen molar-refractivity contribution in [2.45, 2.75) is 13.0 Å². The van der Waals surface area contributed by atoms with Crippen LogP contribution in [0.25, 0.3) is 11.0 Å². The molecule has 5 nitrogen and oxygen atoms in total. The van der Waals surface area contributed by atoms with Crippen LogP contribution in [0.1, 0.15) is 16.8 Å². The summed E-state index contributed by atoms with van der Waals surface area (Å²) in [4.78, 5) is 13.1. The maximum Gasteiger partial charge on any atom is 0.231 e. The van der Waals surface area contributed by atoms with E-state index in [4.69, 9.17) is 4.74 Å². The van der Waals surface area contributed by atoms with E-state index < -0.39 is 0 Å². The second-order valence-electron chi connectivity index (χ2n) is 6.75. The van der Waals surface area contributed by atoms with E-state index in [0.717, 1.165) is 35.4 Å². The number of ether oxygens (including phenoxy) is 1. The van der Waals surface area contributed by atoms with Gasteiger partial charge < -0.3 is 9.30 Å². The summed E-state index contributed by atoms with van der Waals surface area (Å²) in [7, 11) is 0. The minimum atomic E-state index is 0.564. The van der Waals surface area contributed by atoms with Crippen molar-refractivity contribution in [3.05, 3.63) is 101 Å². The van der Waals surface area contributed by atoms with Crippen molar-refractivity contribution in [2.24, 2.45) is 0 Å². The predicted octanol–water partition coefficient (Wildman–Crippen LogP) is 5.32. The van der Waals surface area contributed by atoms with Crippen LogP contribution in [0.3, 0.4) is 0 Å². The van der Waals surface area contributed by atoms with Crippen molar-refractivity contribution in [1.82, 2.24) is 19.5 Å². The van der Waals surface area contributed by atoms with Crippen LogP contribution in [0.15, 0.2) is 84.1 Å². The molecule has 3 heterocycles. The second kappa shape index (κ2) is 7.85. The maximum atomic E-state index is 6.07. The Kier molecular flexibility index (Phi) is 4.76. The monoisotopic (exact) mass is 398 g/mol. The fraction of sp³-hybridized carbons (Fsp3) is 0.0870. The van der Waals surface area contributed by atoms with E-state index in [1.54, 1.807) is 17.7 Å². The minimum Gasteiger partial charge on any atom is -0.438 e. The van der Waals surface area contributed by atoms with Crippen molar-refractivity contribution >= 4 is 22.4 Å². The van der Waals surface area contributed by atoms with Crippen LogP contribution in [-0.4, -0.2) is 19.5 Å². The Balaban J connectivity index is 1.36. The lowest BCUT2D eigenvalue weighted by Crippen LogP contribution is -1.99. The molecule has 0 saturated heterocycles. The number of benzene rings is 2. The lowest BCUT2D eigenvalue weighted by molar-refractivity contribution is 0.468. The molecule has 3 aromatic heterocycles. The van der Waals surface area contributed by atoms with Crippen LogP contribution in [0.5, 0.6) is 11.6 Å². The molecule has 0 unspecified atom stereocenters. The first-order chi connectivity index (χ1) is 14.3. The fourth-order valence-electron chi connectivity index (χ4n) is 3.29. The molecular weight excluding hydrogens is 380 g/mol. The Labute approximate surface area is 172 Å². The molecule has 0 amide bonds. The molecule has 0 bridgehead atoms. The zero-order chi connectivity index (χ0) is 19.5. The quantitative estimate of drug-likeness (QED) is 0.388. The third kappa shape index (κ3) is 3.88. The van der Waals surface area contributed by atoms with Gasteiger partial charge in [-0.15, -0.1) is 11.3 Å². The molecule has 29 heavy (non-hydrogen) atoms. The van der Waals surface area contributed by atoms with Gasteiger partial charge >= 0.3 is 0 Å². The van der Waals surface area contributed by atoms with Crippen LogP contribution < -0.4 is 4.74 Å². The molecule has 6 heteroatoms. The van der Waals surface area contributed by atoms with Gasteiger partial charge in [0.05, 0.1) is 16.6 Å². The molecule has 0 saturated carbocycles. The summed E-state index contributed by atoms with van der Waals surface area (Å²) < 4.78 is 8.17. The molecule has 0 N–H and O–H groups in total. The van der Waals surface area contributed by atoms with Gasteiger partial charge in [0, 0.05) is 24.5 Å². The van der Waals surface area contributed by atoms with Gasteiger partial charge in [-0.1, -0.05) is 42.5 Å².